The lowest BCUT2D eigenvalue weighted by Crippen LogP contribution is -1.92. The first-order valence-electron chi connectivity index (χ1n) is 18.5. The summed E-state index contributed by atoms with van der Waals surface area (Å²) < 4.78 is 4.82. The highest BCUT2D eigenvalue weighted by Gasteiger charge is 2.19. The minimum Gasteiger partial charge on any atom is -0.192 e. The predicted octanol–water partition coefficient (Wildman–Crippen LogP) is 15.1. The van der Waals surface area contributed by atoms with Gasteiger partial charge in [-0.3, -0.25) is 0 Å². The number of nitrogens with zero attached hydrogens (tertiary/aromatic N) is 2. The van der Waals surface area contributed by atoms with Gasteiger partial charge in [-0.1, -0.05) is 97.1 Å². The van der Waals surface area contributed by atoms with Crippen molar-refractivity contribution in [1.82, 2.24) is 0 Å². The summed E-state index contributed by atoms with van der Waals surface area (Å²) in [7, 11) is 0. The SMILES string of the molecule is N#Cc1ccc2sc3ccc(-c4ccc5c(-c6ccccc6)c6cc(-c7ccc8sc9ccc(C#N)cc9c8c7)ccc6c(-c6ccccc6)c5c4)cc3c2c1. The predicted molar refractivity (Wildman–Crippen MR) is 238 cm³/mol. The van der Waals surface area contributed by atoms with Crippen molar-refractivity contribution in [2.75, 3.05) is 0 Å². The number of hydrogen-bond acceptors (Lipinski definition) is 4. The van der Waals surface area contributed by atoms with Gasteiger partial charge in [-0.25, -0.2) is 0 Å². The molecule has 11 rings (SSSR count). The standard InChI is InChI=1S/C52H28N2S2/c53-29-31-11-19-47-41(23-31)43-25-37(15-21-49(43)55-47)35-14-18-40-45(27-35)51(33-7-3-1-4-8-33)39-17-13-36(28-46(39)52(40)34-9-5-2-6-10-34)38-16-22-50-44(26-38)42-24-32(30-54)12-20-48(42)56-50/h1-28H. The Morgan fingerprint density at radius 1 is 0.286 bits per heavy atom. The summed E-state index contributed by atoms with van der Waals surface area (Å²) in [5.41, 5.74) is 10.7. The summed E-state index contributed by atoms with van der Waals surface area (Å²) in [6, 6.07) is 65.5. The van der Waals surface area contributed by atoms with Crippen molar-refractivity contribution >= 4 is 84.6 Å². The van der Waals surface area contributed by atoms with Gasteiger partial charge in [0.2, 0.25) is 0 Å². The van der Waals surface area contributed by atoms with Gasteiger partial charge in [0.1, 0.15) is 0 Å². The molecule has 0 amide bonds. The number of fused-ring (bicyclic) bond motifs is 8. The molecule has 0 aliphatic carbocycles. The van der Waals surface area contributed by atoms with Crippen LogP contribution in [0.5, 0.6) is 0 Å². The molecule has 2 heterocycles. The monoisotopic (exact) mass is 744 g/mol. The lowest BCUT2D eigenvalue weighted by molar-refractivity contribution is 1.50. The third-order valence-electron chi connectivity index (χ3n) is 11.1. The molecule has 11 aromatic rings. The quantitative estimate of drug-likeness (QED) is 0.168. The van der Waals surface area contributed by atoms with E-state index in [0.717, 1.165) is 33.0 Å². The Hall–Kier alpha value is -7.08. The minimum atomic E-state index is 0.680. The van der Waals surface area contributed by atoms with Crippen molar-refractivity contribution in [3.63, 3.8) is 0 Å². The fraction of sp³-hybridized carbons (Fsp3) is 0. The summed E-state index contributed by atoms with van der Waals surface area (Å²) in [5, 5.41) is 28.7. The summed E-state index contributed by atoms with van der Waals surface area (Å²) in [4.78, 5) is 0. The lowest BCUT2D eigenvalue weighted by atomic mass is 9.84. The van der Waals surface area contributed by atoms with E-state index in [-0.39, 0.29) is 0 Å². The van der Waals surface area contributed by atoms with Gasteiger partial charge in [-0.05, 0) is 139 Å². The molecule has 0 saturated carbocycles. The second kappa shape index (κ2) is 12.8. The van der Waals surface area contributed by atoms with Gasteiger partial charge >= 0.3 is 0 Å². The van der Waals surface area contributed by atoms with Crippen LogP contribution in [0.1, 0.15) is 11.1 Å². The molecule has 2 aromatic heterocycles. The molecule has 0 radical (unpaired) electrons. The van der Waals surface area contributed by atoms with Gasteiger partial charge in [0.15, 0.2) is 0 Å². The summed E-state index contributed by atoms with van der Waals surface area (Å²) >= 11 is 3.54. The van der Waals surface area contributed by atoms with Crippen molar-refractivity contribution in [1.29, 1.82) is 10.5 Å². The second-order valence-electron chi connectivity index (χ2n) is 14.3. The van der Waals surface area contributed by atoms with Gasteiger partial charge in [0, 0.05) is 40.3 Å². The highest BCUT2D eigenvalue weighted by molar-refractivity contribution is 7.26. The number of benzene rings is 9. The molecule has 0 aliphatic rings. The van der Waals surface area contributed by atoms with Crippen LogP contribution < -0.4 is 0 Å². The van der Waals surface area contributed by atoms with Crippen molar-refractivity contribution < 1.29 is 0 Å². The first-order valence-corrected chi connectivity index (χ1v) is 20.1. The zero-order valence-corrected chi connectivity index (χ0v) is 31.5. The smallest absolute Gasteiger partial charge is 0.0991 e. The maximum Gasteiger partial charge on any atom is 0.0991 e. The van der Waals surface area contributed by atoms with Gasteiger partial charge in [0.05, 0.1) is 23.3 Å². The molecule has 0 unspecified atom stereocenters. The van der Waals surface area contributed by atoms with Crippen LogP contribution in [0, 0.1) is 22.7 Å². The molecule has 9 aromatic carbocycles. The molecule has 0 aliphatic heterocycles. The minimum absolute atomic E-state index is 0.680. The number of nitriles is 2. The van der Waals surface area contributed by atoms with E-state index in [1.54, 1.807) is 22.7 Å². The van der Waals surface area contributed by atoms with Crippen LogP contribution in [0.4, 0.5) is 0 Å². The second-order valence-corrected chi connectivity index (χ2v) is 16.4. The Balaban J connectivity index is 1.17. The maximum absolute atomic E-state index is 9.64. The molecular weight excluding hydrogens is 717 g/mol. The van der Waals surface area contributed by atoms with Crippen LogP contribution in [0.2, 0.25) is 0 Å². The van der Waals surface area contributed by atoms with E-state index in [9.17, 15) is 10.5 Å². The molecule has 0 fully saturated rings. The van der Waals surface area contributed by atoms with E-state index in [1.807, 2.05) is 24.3 Å². The van der Waals surface area contributed by atoms with Crippen molar-refractivity contribution in [2.24, 2.45) is 0 Å². The Morgan fingerprint density at radius 3 is 1.02 bits per heavy atom. The molecule has 0 N–H and O–H groups in total. The molecule has 0 spiro atoms. The van der Waals surface area contributed by atoms with Crippen LogP contribution in [-0.4, -0.2) is 0 Å². The Bertz CT molecular complexity index is 3250. The number of thiophene rings is 2. The molecule has 0 atom stereocenters. The zero-order valence-electron chi connectivity index (χ0n) is 29.9. The summed E-state index contributed by atoms with van der Waals surface area (Å²) in [6.07, 6.45) is 0. The summed E-state index contributed by atoms with van der Waals surface area (Å²) in [6.45, 7) is 0. The number of rotatable bonds is 4. The van der Waals surface area contributed by atoms with E-state index in [1.165, 1.54) is 73.4 Å². The largest absolute Gasteiger partial charge is 0.192 e. The van der Waals surface area contributed by atoms with Gasteiger partial charge in [-0.2, -0.15) is 10.5 Å². The zero-order chi connectivity index (χ0) is 37.3. The fourth-order valence-corrected chi connectivity index (χ4v) is 10.6. The Kier molecular flexibility index (Phi) is 7.37. The third-order valence-corrected chi connectivity index (χ3v) is 13.4. The molecule has 2 nitrogen and oxygen atoms in total. The van der Waals surface area contributed by atoms with Crippen LogP contribution in [0.3, 0.4) is 0 Å². The van der Waals surface area contributed by atoms with E-state index in [4.69, 9.17) is 0 Å². The average Bonchev–Trinajstić information content (AvgIpc) is 3.82. The van der Waals surface area contributed by atoms with E-state index < -0.39 is 0 Å². The van der Waals surface area contributed by atoms with Crippen molar-refractivity contribution in [2.45, 2.75) is 0 Å². The third kappa shape index (κ3) is 5.13. The lowest BCUT2D eigenvalue weighted by Gasteiger charge is -2.19. The van der Waals surface area contributed by atoms with E-state index >= 15 is 0 Å². The topological polar surface area (TPSA) is 47.6 Å². The van der Waals surface area contributed by atoms with Gasteiger partial charge in [0.25, 0.3) is 0 Å². The van der Waals surface area contributed by atoms with Gasteiger partial charge in [-0.15, -0.1) is 22.7 Å². The average molecular weight is 745 g/mol. The van der Waals surface area contributed by atoms with Crippen LogP contribution in [0.25, 0.3) is 106 Å². The van der Waals surface area contributed by atoms with Crippen molar-refractivity contribution in [3.8, 4) is 56.6 Å². The van der Waals surface area contributed by atoms with Crippen LogP contribution in [0.15, 0.2) is 170 Å². The first-order chi connectivity index (χ1) is 27.6. The molecule has 258 valence electrons. The van der Waals surface area contributed by atoms with E-state index in [2.05, 4.69) is 158 Å². The fourth-order valence-electron chi connectivity index (χ4n) is 8.47. The molecule has 0 bridgehead atoms. The highest BCUT2D eigenvalue weighted by Crippen LogP contribution is 2.47. The Labute approximate surface area is 331 Å². The highest BCUT2D eigenvalue weighted by atomic mass is 32.1. The molecule has 56 heavy (non-hydrogen) atoms. The Morgan fingerprint density at radius 2 is 0.625 bits per heavy atom. The van der Waals surface area contributed by atoms with Gasteiger partial charge < -0.3 is 0 Å². The maximum atomic E-state index is 9.64. The molecule has 4 heteroatoms. The first kappa shape index (κ1) is 32.4. The molecular formula is C52H28N2S2. The number of hydrogen-bond donors (Lipinski definition) is 0. The normalized spacial score (nSPS) is 11.5. The summed E-state index contributed by atoms with van der Waals surface area (Å²) in [5.74, 6) is 0. The van der Waals surface area contributed by atoms with Crippen LogP contribution in [-0.2, 0) is 0 Å². The van der Waals surface area contributed by atoms with Crippen molar-refractivity contribution in [3.05, 3.63) is 181 Å². The van der Waals surface area contributed by atoms with E-state index in [0.29, 0.717) is 11.1 Å². The molecule has 0 saturated heterocycles. The van der Waals surface area contributed by atoms with Crippen LogP contribution >= 0.6 is 22.7 Å².